The van der Waals surface area contributed by atoms with Crippen molar-refractivity contribution in [2.45, 2.75) is 23.4 Å². The van der Waals surface area contributed by atoms with Crippen LogP contribution < -0.4 is 4.74 Å². The van der Waals surface area contributed by atoms with E-state index in [9.17, 15) is 39.6 Å². The van der Waals surface area contributed by atoms with E-state index >= 15 is 0 Å². The molecule has 2 aromatic rings. The fourth-order valence-electron chi connectivity index (χ4n) is 2.27. The van der Waals surface area contributed by atoms with Crippen LogP contribution in [0.15, 0.2) is 47.6 Å². The fourth-order valence-corrected chi connectivity index (χ4v) is 3.13. The molecule has 0 aliphatic heterocycles. The summed E-state index contributed by atoms with van der Waals surface area (Å²) in [5, 5.41) is -1.50. The number of para-hydroxylation sites is 1. The fraction of sp³-hybridized carbons (Fsp3) is 0.250. The number of rotatable bonds is 5. The van der Waals surface area contributed by atoms with Gasteiger partial charge in [0.05, 0.1) is 5.56 Å². The lowest BCUT2D eigenvalue weighted by Gasteiger charge is -2.21. The van der Waals surface area contributed by atoms with Gasteiger partial charge in [0, 0.05) is 25.4 Å². The number of pyridine rings is 1. The first-order valence-corrected chi connectivity index (χ1v) is 9.08. The standard InChI is InChI=1S/C16H12F6N2O4S/c1-24(9-10-5-2-3-7-12(10)28-15(17,18)19)14(25)11-6-4-8-23-13(11)29(26,27)16(20,21)22/h2-8H,9H2,1H3. The van der Waals surface area contributed by atoms with Crippen molar-refractivity contribution in [2.75, 3.05) is 7.05 Å². The average Bonchev–Trinajstić information content (AvgIpc) is 2.60. The van der Waals surface area contributed by atoms with Gasteiger partial charge >= 0.3 is 11.9 Å². The Morgan fingerprint density at radius 2 is 1.69 bits per heavy atom. The van der Waals surface area contributed by atoms with Gasteiger partial charge in [-0.15, -0.1) is 13.2 Å². The Bertz CT molecular complexity index is 1000. The van der Waals surface area contributed by atoms with Crippen molar-refractivity contribution in [3.05, 3.63) is 53.7 Å². The van der Waals surface area contributed by atoms with E-state index in [1.54, 1.807) is 0 Å². The van der Waals surface area contributed by atoms with Gasteiger partial charge in [0.1, 0.15) is 5.75 Å². The molecule has 1 amide bonds. The summed E-state index contributed by atoms with van der Waals surface area (Å²) in [7, 11) is -4.85. The molecule has 0 aliphatic carbocycles. The number of aromatic nitrogens is 1. The van der Waals surface area contributed by atoms with Crippen molar-refractivity contribution in [1.29, 1.82) is 0 Å². The number of ether oxygens (including phenoxy) is 1. The normalized spacial score (nSPS) is 12.5. The number of sulfone groups is 1. The molecule has 0 bridgehead atoms. The van der Waals surface area contributed by atoms with Gasteiger partial charge in [0.25, 0.3) is 15.7 Å². The number of halogens is 6. The Morgan fingerprint density at radius 3 is 2.28 bits per heavy atom. The summed E-state index contributed by atoms with van der Waals surface area (Å²) in [5.41, 5.74) is -6.67. The van der Waals surface area contributed by atoms with E-state index in [1.165, 1.54) is 18.2 Å². The van der Waals surface area contributed by atoms with E-state index in [-0.39, 0.29) is 5.56 Å². The average molecular weight is 442 g/mol. The highest BCUT2D eigenvalue weighted by Crippen LogP contribution is 2.32. The molecule has 0 spiro atoms. The van der Waals surface area contributed by atoms with Crippen molar-refractivity contribution >= 4 is 15.7 Å². The maximum absolute atomic E-state index is 12.8. The van der Waals surface area contributed by atoms with Gasteiger partial charge in [-0.1, -0.05) is 18.2 Å². The lowest BCUT2D eigenvalue weighted by atomic mass is 10.1. The summed E-state index contributed by atoms with van der Waals surface area (Å²) in [6.45, 7) is -0.508. The van der Waals surface area contributed by atoms with Gasteiger partial charge in [-0.25, -0.2) is 13.4 Å². The predicted octanol–water partition coefficient (Wildman–Crippen LogP) is 3.55. The summed E-state index contributed by atoms with van der Waals surface area (Å²) >= 11 is 0. The van der Waals surface area contributed by atoms with Crippen LogP contribution in [-0.4, -0.2) is 43.1 Å². The largest absolute Gasteiger partial charge is 0.573 e. The Hall–Kier alpha value is -2.83. The number of hydrogen-bond donors (Lipinski definition) is 0. The molecule has 0 fully saturated rings. The van der Waals surface area contributed by atoms with Crippen molar-refractivity contribution in [1.82, 2.24) is 9.88 Å². The topological polar surface area (TPSA) is 76.6 Å². The monoisotopic (exact) mass is 442 g/mol. The minimum absolute atomic E-state index is 0.107. The van der Waals surface area contributed by atoms with Crippen LogP contribution in [0.5, 0.6) is 5.75 Å². The molecular weight excluding hydrogens is 430 g/mol. The van der Waals surface area contributed by atoms with Gasteiger partial charge in [-0.2, -0.15) is 13.2 Å². The number of carbonyl (C=O) groups excluding carboxylic acids is 1. The van der Waals surface area contributed by atoms with Gasteiger partial charge in [0.2, 0.25) is 0 Å². The predicted molar refractivity (Wildman–Crippen MR) is 86.4 cm³/mol. The van der Waals surface area contributed by atoms with Crippen molar-refractivity contribution in [3.63, 3.8) is 0 Å². The lowest BCUT2D eigenvalue weighted by molar-refractivity contribution is -0.275. The molecule has 0 saturated heterocycles. The zero-order valence-electron chi connectivity index (χ0n) is 14.5. The zero-order valence-corrected chi connectivity index (χ0v) is 15.3. The molecule has 0 radical (unpaired) electrons. The number of carbonyl (C=O) groups is 1. The third kappa shape index (κ3) is 5.16. The molecule has 1 aromatic carbocycles. The molecular formula is C16H12F6N2O4S. The Balaban J connectivity index is 2.37. The third-order valence-corrected chi connectivity index (χ3v) is 4.96. The second-order valence-electron chi connectivity index (χ2n) is 5.62. The summed E-state index contributed by atoms with van der Waals surface area (Å²) in [6.07, 6.45) is -4.24. The maximum atomic E-state index is 12.8. The molecule has 2 rings (SSSR count). The van der Waals surface area contributed by atoms with E-state index < -0.39 is 50.5 Å². The van der Waals surface area contributed by atoms with Gasteiger partial charge < -0.3 is 9.64 Å². The molecule has 0 saturated carbocycles. The van der Waals surface area contributed by atoms with Crippen LogP contribution in [-0.2, 0) is 16.4 Å². The minimum atomic E-state index is -5.92. The van der Waals surface area contributed by atoms with Crippen LogP contribution in [0.25, 0.3) is 0 Å². The van der Waals surface area contributed by atoms with E-state index in [1.807, 2.05) is 0 Å². The molecule has 13 heteroatoms. The number of nitrogens with zero attached hydrogens (tertiary/aromatic N) is 2. The highest BCUT2D eigenvalue weighted by Gasteiger charge is 2.49. The number of hydrogen-bond acceptors (Lipinski definition) is 5. The summed E-state index contributed by atoms with van der Waals surface area (Å²) < 4.78 is 103. The van der Waals surface area contributed by atoms with Gasteiger partial charge in [0.15, 0.2) is 5.03 Å². The molecule has 29 heavy (non-hydrogen) atoms. The van der Waals surface area contributed by atoms with E-state index in [0.717, 1.165) is 36.3 Å². The highest BCUT2D eigenvalue weighted by molar-refractivity contribution is 7.92. The van der Waals surface area contributed by atoms with E-state index in [0.29, 0.717) is 0 Å². The quantitative estimate of drug-likeness (QED) is 0.662. The molecule has 158 valence electrons. The Morgan fingerprint density at radius 1 is 1.07 bits per heavy atom. The maximum Gasteiger partial charge on any atom is 0.573 e. The van der Waals surface area contributed by atoms with Crippen LogP contribution >= 0.6 is 0 Å². The Kier molecular flexibility index (Phi) is 6.11. The van der Waals surface area contributed by atoms with Crippen LogP contribution in [0.4, 0.5) is 26.3 Å². The van der Waals surface area contributed by atoms with Crippen LogP contribution in [0.1, 0.15) is 15.9 Å². The number of benzene rings is 1. The smallest absolute Gasteiger partial charge is 0.405 e. The molecule has 0 atom stereocenters. The third-order valence-electron chi connectivity index (χ3n) is 3.51. The van der Waals surface area contributed by atoms with E-state index in [2.05, 4.69) is 9.72 Å². The van der Waals surface area contributed by atoms with Gasteiger partial charge in [-0.3, -0.25) is 4.79 Å². The molecule has 1 aromatic heterocycles. The molecule has 0 unspecified atom stereocenters. The first kappa shape index (κ1) is 22.5. The molecule has 1 heterocycles. The summed E-state index contributed by atoms with van der Waals surface area (Å²) in [4.78, 5) is 16.4. The van der Waals surface area contributed by atoms with Crippen molar-refractivity contribution < 1.29 is 44.3 Å². The van der Waals surface area contributed by atoms with Crippen molar-refractivity contribution in [2.24, 2.45) is 0 Å². The van der Waals surface area contributed by atoms with Crippen LogP contribution in [0.2, 0.25) is 0 Å². The first-order valence-electron chi connectivity index (χ1n) is 7.59. The van der Waals surface area contributed by atoms with Crippen LogP contribution in [0, 0.1) is 0 Å². The second-order valence-corrected chi connectivity index (χ2v) is 7.48. The van der Waals surface area contributed by atoms with Gasteiger partial charge in [-0.05, 0) is 18.2 Å². The Labute approximate surface area is 160 Å². The first-order chi connectivity index (χ1) is 13.2. The lowest BCUT2D eigenvalue weighted by Crippen LogP contribution is -2.31. The van der Waals surface area contributed by atoms with Crippen molar-refractivity contribution in [3.8, 4) is 5.75 Å². The summed E-state index contributed by atoms with van der Waals surface area (Å²) in [5.74, 6) is -1.81. The highest BCUT2D eigenvalue weighted by atomic mass is 32.2. The van der Waals surface area contributed by atoms with Crippen LogP contribution in [0.3, 0.4) is 0 Å². The number of amides is 1. The molecule has 0 aliphatic rings. The second kappa shape index (κ2) is 7.89. The minimum Gasteiger partial charge on any atom is -0.405 e. The number of alkyl halides is 6. The van der Waals surface area contributed by atoms with E-state index in [4.69, 9.17) is 0 Å². The molecule has 6 nitrogen and oxygen atoms in total. The summed E-state index contributed by atoms with van der Waals surface area (Å²) in [6, 6.07) is 6.69. The SMILES string of the molecule is CN(Cc1ccccc1OC(F)(F)F)C(=O)c1cccnc1S(=O)(=O)C(F)(F)F. The molecule has 0 N–H and O–H groups in total. The zero-order chi connectivity index (χ0) is 22.0.